The van der Waals surface area contributed by atoms with Crippen molar-refractivity contribution in [2.75, 3.05) is 18.4 Å². The molecule has 26 heavy (non-hydrogen) atoms. The molecular weight excluding hydrogens is 352 g/mol. The monoisotopic (exact) mass is 370 g/mol. The van der Waals surface area contributed by atoms with Gasteiger partial charge in [0, 0.05) is 31.1 Å². The minimum Gasteiger partial charge on any atom is -0.507 e. The van der Waals surface area contributed by atoms with Gasteiger partial charge in [-0.15, -0.1) is 10.2 Å². The fourth-order valence-electron chi connectivity index (χ4n) is 3.02. The topological polar surface area (TPSA) is 70.1 Å². The molecular formula is C17H18F4N4O. The fourth-order valence-corrected chi connectivity index (χ4v) is 3.02. The van der Waals surface area contributed by atoms with E-state index < -0.39 is 23.7 Å². The van der Waals surface area contributed by atoms with Crippen molar-refractivity contribution in [2.45, 2.75) is 31.7 Å². The van der Waals surface area contributed by atoms with E-state index in [9.17, 15) is 22.7 Å². The molecule has 0 saturated carbocycles. The lowest BCUT2D eigenvalue weighted by Crippen LogP contribution is -2.44. The summed E-state index contributed by atoms with van der Waals surface area (Å²) in [5.74, 6) is -0.0807. The summed E-state index contributed by atoms with van der Waals surface area (Å²) in [6, 6.07) is 4.65. The van der Waals surface area contributed by atoms with E-state index in [-0.39, 0.29) is 22.9 Å². The fraction of sp³-hybridized carbons (Fsp3) is 0.412. The second-order valence-electron chi connectivity index (χ2n) is 6.32. The van der Waals surface area contributed by atoms with Crippen molar-refractivity contribution >= 4 is 5.82 Å². The van der Waals surface area contributed by atoms with Gasteiger partial charge in [-0.3, -0.25) is 0 Å². The van der Waals surface area contributed by atoms with E-state index >= 15 is 0 Å². The Hall–Kier alpha value is -2.42. The minimum absolute atomic E-state index is 0.125. The summed E-state index contributed by atoms with van der Waals surface area (Å²) in [6.07, 6.45) is -5.11. The van der Waals surface area contributed by atoms with Gasteiger partial charge < -0.3 is 15.7 Å². The number of nitrogens with zero attached hydrogens (tertiary/aromatic N) is 2. The molecule has 0 aliphatic carbocycles. The van der Waals surface area contributed by atoms with Gasteiger partial charge in [-0.2, -0.15) is 13.2 Å². The number of hydrogen-bond donors (Lipinski definition) is 3. The van der Waals surface area contributed by atoms with Gasteiger partial charge in [0.2, 0.25) is 0 Å². The molecule has 1 saturated heterocycles. The molecule has 1 aliphatic heterocycles. The van der Waals surface area contributed by atoms with E-state index in [1.54, 1.807) is 12.1 Å². The van der Waals surface area contributed by atoms with Crippen molar-refractivity contribution in [1.29, 1.82) is 0 Å². The molecule has 3 rings (SSSR count). The molecule has 0 bridgehead atoms. The second-order valence-corrected chi connectivity index (χ2v) is 6.32. The zero-order valence-electron chi connectivity index (χ0n) is 13.9. The molecule has 0 amide bonds. The molecule has 5 nitrogen and oxygen atoms in total. The first-order valence-electron chi connectivity index (χ1n) is 8.10. The van der Waals surface area contributed by atoms with Gasteiger partial charge >= 0.3 is 6.18 Å². The minimum atomic E-state index is -4.54. The number of phenols is 1. The van der Waals surface area contributed by atoms with E-state index in [1.807, 2.05) is 0 Å². The van der Waals surface area contributed by atoms with Gasteiger partial charge in [-0.05, 0) is 36.8 Å². The summed E-state index contributed by atoms with van der Waals surface area (Å²) in [6.45, 7) is 2.39. The predicted molar refractivity (Wildman–Crippen MR) is 88.7 cm³/mol. The molecule has 140 valence electrons. The average Bonchev–Trinajstić information content (AvgIpc) is 2.55. The van der Waals surface area contributed by atoms with E-state index in [4.69, 9.17) is 0 Å². The van der Waals surface area contributed by atoms with Crippen molar-refractivity contribution < 1.29 is 22.7 Å². The van der Waals surface area contributed by atoms with Gasteiger partial charge in [-0.1, -0.05) is 0 Å². The van der Waals surface area contributed by atoms with E-state index in [0.29, 0.717) is 31.4 Å². The highest BCUT2D eigenvalue weighted by Gasteiger charge is 2.32. The van der Waals surface area contributed by atoms with Crippen LogP contribution in [-0.4, -0.2) is 40.6 Å². The van der Waals surface area contributed by atoms with Crippen molar-refractivity contribution in [1.82, 2.24) is 15.5 Å². The Morgan fingerprint density at radius 2 is 1.96 bits per heavy atom. The van der Waals surface area contributed by atoms with E-state index in [2.05, 4.69) is 20.8 Å². The number of benzene rings is 1. The summed E-state index contributed by atoms with van der Waals surface area (Å²) in [4.78, 5) is 0. The number of aryl methyl sites for hydroxylation is 1. The molecule has 2 atom stereocenters. The first-order chi connectivity index (χ1) is 12.2. The van der Waals surface area contributed by atoms with Gasteiger partial charge in [0.25, 0.3) is 0 Å². The Morgan fingerprint density at radius 1 is 1.19 bits per heavy atom. The van der Waals surface area contributed by atoms with Crippen LogP contribution in [0.4, 0.5) is 23.4 Å². The van der Waals surface area contributed by atoms with Crippen LogP contribution in [0, 0.1) is 6.92 Å². The van der Waals surface area contributed by atoms with Crippen LogP contribution in [0.1, 0.15) is 17.5 Å². The van der Waals surface area contributed by atoms with Crippen LogP contribution in [0.5, 0.6) is 5.75 Å². The molecule has 9 heteroatoms. The van der Waals surface area contributed by atoms with Crippen molar-refractivity contribution in [2.24, 2.45) is 0 Å². The molecule has 1 aliphatic rings. The van der Waals surface area contributed by atoms with Crippen molar-refractivity contribution in [3.63, 3.8) is 0 Å². The number of hydrogen-bond acceptors (Lipinski definition) is 5. The molecule has 0 unspecified atom stereocenters. The molecule has 1 fully saturated rings. The zero-order valence-corrected chi connectivity index (χ0v) is 13.9. The van der Waals surface area contributed by atoms with Crippen LogP contribution in [0.15, 0.2) is 24.3 Å². The smallest absolute Gasteiger partial charge is 0.416 e. The number of halogens is 4. The summed E-state index contributed by atoms with van der Waals surface area (Å²) < 4.78 is 51.8. The molecule has 2 heterocycles. The Labute approximate surface area is 147 Å². The summed E-state index contributed by atoms with van der Waals surface area (Å²) in [7, 11) is 0. The summed E-state index contributed by atoms with van der Waals surface area (Å²) in [5, 5.41) is 24.0. The standard InChI is InChI=1S/C17H18F4N4O/c1-9-4-10(17(19,20)21)5-14(26)16(9)13-2-3-15(25-24-13)23-12-6-11(18)7-22-8-12/h2-5,11-12,22,26H,6-8H2,1H3,(H,23,25)/t11-,12-/m0/s1. The lowest BCUT2D eigenvalue weighted by atomic mass is 10.0. The first kappa shape index (κ1) is 18.4. The van der Waals surface area contributed by atoms with Gasteiger partial charge in [0.15, 0.2) is 0 Å². The van der Waals surface area contributed by atoms with Crippen LogP contribution in [0.2, 0.25) is 0 Å². The van der Waals surface area contributed by atoms with Crippen LogP contribution in [0.25, 0.3) is 11.3 Å². The molecule has 3 N–H and O–H groups in total. The third-order valence-corrected chi connectivity index (χ3v) is 4.21. The number of rotatable bonds is 3. The molecule has 1 aromatic heterocycles. The van der Waals surface area contributed by atoms with Crippen LogP contribution in [-0.2, 0) is 6.18 Å². The van der Waals surface area contributed by atoms with Crippen molar-refractivity contribution in [3.05, 3.63) is 35.4 Å². The lowest BCUT2D eigenvalue weighted by Gasteiger charge is -2.26. The number of alkyl halides is 4. The Morgan fingerprint density at radius 3 is 2.54 bits per heavy atom. The quantitative estimate of drug-likeness (QED) is 0.724. The first-order valence-corrected chi connectivity index (χ1v) is 8.10. The number of piperidine rings is 1. The average molecular weight is 370 g/mol. The molecule has 1 aromatic carbocycles. The SMILES string of the molecule is Cc1cc(C(F)(F)F)cc(O)c1-c1ccc(N[C@@H]2CNC[C@@H](F)C2)nn1. The maximum Gasteiger partial charge on any atom is 0.416 e. The van der Waals surface area contributed by atoms with Gasteiger partial charge in [0.1, 0.15) is 17.7 Å². The molecule has 2 aromatic rings. The van der Waals surface area contributed by atoms with Crippen LogP contribution < -0.4 is 10.6 Å². The van der Waals surface area contributed by atoms with E-state index in [0.717, 1.165) is 6.07 Å². The zero-order chi connectivity index (χ0) is 18.9. The Balaban J connectivity index is 1.80. The summed E-state index contributed by atoms with van der Waals surface area (Å²) >= 11 is 0. The van der Waals surface area contributed by atoms with Gasteiger partial charge in [0.05, 0.1) is 11.3 Å². The number of aromatic nitrogens is 2. The maximum atomic E-state index is 13.4. The highest BCUT2D eigenvalue weighted by molar-refractivity contribution is 5.71. The highest BCUT2D eigenvalue weighted by Crippen LogP contribution is 2.38. The van der Waals surface area contributed by atoms with Crippen LogP contribution in [0.3, 0.4) is 0 Å². The lowest BCUT2D eigenvalue weighted by molar-refractivity contribution is -0.137. The third-order valence-electron chi connectivity index (χ3n) is 4.21. The molecule has 0 spiro atoms. The maximum absolute atomic E-state index is 13.4. The number of nitrogens with one attached hydrogen (secondary N) is 2. The number of aromatic hydroxyl groups is 1. The predicted octanol–water partition coefficient (Wildman–Crippen LogP) is 3.29. The highest BCUT2D eigenvalue weighted by atomic mass is 19.4. The summed E-state index contributed by atoms with van der Waals surface area (Å²) in [5.41, 5.74) is -0.234. The normalized spacial score (nSPS) is 20.8. The Bertz CT molecular complexity index is 756. The second kappa shape index (κ2) is 7.06. The van der Waals surface area contributed by atoms with E-state index in [1.165, 1.54) is 6.92 Å². The van der Waals surface area contributed by atoms with Gasteiger partial charge in [-0.25, -0.2) is 4.39 Å². The van der Waals surface area contributed by atoms with Crippen molar-refractivity contribution in [3.8, 4) is 17.0 Å². The number of phenolic OH excluding ortho intramolecular Hbond substituents is 1. The molecule has 0 radical (unpaired) electrons. The largest absolute Gasteiger partial charge is 0.507 e. The number of anilines is 1. The Kier molecular flexibility index (Phi) is 4.99. The van der Waals surface area contributed by atoms with Crippen LogP contribution >= 0.6 is 0 Å². The third kappa shape index (κ3) is 4.04.